The maximum Gasteiger partial charge on any atom is 0.242 e. The van der Waals surface area contributed by atoms with E-state index in [0.717, 1.165) is 23.1 Å². The zero-order chi connectivity index (χ0) is 22.3. The summed E-state index contributed by atoms with van der Waals surface area (Å²) in [5.74, 6) is -0.226. The first kappa shape index (κ1) is 24.2. The van der Waals surface area contributed by atoms with E-state index in [0.29, 0.717) is 29.6 Å². The highest BCUT2D eigenvalue weighted by atomic mass is 35.5. The number of aryl methyl sites for hydroxylation is 2. The van der Waals surface area contributed by atoms with Crippen LogP contribution in [0.5, 0.6) is 0 Å². The number of nitrogens with one attached hydrogen (secondary N) is 1. The van der Waals surface area contributed by atoms with Crippen LogP contribution in [0.4, 0.5) is 0 Å². The van der Waals surface area contributed by atoms with E-state index in [-0.39, 0.29) is 18.2 Å². The van der Waals surface area contributed by atoms with Gasteiger partial charge in [-0.25, -0.2) is 0 Å². The lowest BCUT2D eigenvalue weighted by atomic mass is 10.0. The molecule has 30 heavy (non-hydrogen) atoms. The van der Waals surface area contributed by atoms with Crippen LogP contribution in [0.1, 0.15) is 48.9 Å². The fraction of sp³-hybridized carbons (Fsp3) is 0.417. The molecule has 2 aromatic carbocycles. The Balaban J connectivity index is 2.31. The van der Waals surface area contributed by atoms with Crippen molar-refractivity contribution in [3.8, 4) is 0 Å². The molecular weight excluding hydrogens is 419 g/mol. The standard InChI is InChI=1S/C24H30Cl2N2O2/c1-5-11-27-24(30)22(6-2)28(15-19-9-10-20(25)21(26)13-19)23(29)14-18-8-7-16(3)17(4)12-18/h7-10,12-13,22H,5-6,11,14-15H2,1-4H3,(H,27,30)/t22-/m1/s1. The molecule has 0 aliphatic heterocycles. The van der Waals surface area contributed by atoms with E-state index in [2.05, 4.69) is 5.32 Å². The predicted molar refractivity (Wildman–Crippen MR) is 124 cm³/mol. The van der Waals surface area contributed by atoms with Gasteiger partial charge in [-0.15, -0.1) is 0 Å². The van der Waals surface area contributed by atoms with Crippen molar-refractivity contribution in [2.24, 2.45) is 0 Å². The highest BCUT2D eigenvalue weighted by molar-refractivity contribution is 6.42. The van der Waals surface area contributed by atoms with E-state index in [1.165, 1.54) is 5.56 Å². The second-order valence-electron chi connectivity index (χ2n) is 7.58. The number of nitrogens with zero attached hydrogens (tertiary/aromatic N) is 1. The molecule has 0 heterocycles. The summed E-state index contributed by atoms with van der Waals surface area (Å²) in [7, 11) is 0. The van der Waals surface area contributed by atoms with Gasteiger partial charge in [-0.3, -0.25) is 9.59 Å². The molecule has 0 saturated heterocycles. The Labute approximate surface area is 189 Å². The van der Waals surface area contributed by atoms with Gasteiger partial charge in [0.2, 0.25) is 11.8 Å². The lowest BCUT2D eigenvalue weighted by Crippen LogP contribution is -2.49. The molecular formula is C24H30Cl2N2O2. The quantitative estimate of drug-likeness (QED) is 0.551. The Morgan fingerprint density at radius 3 is 2.27 bits per heavy atom. The Kier molecular flexibility index (Phi) is 9.19. The number of carbonyl (C=O) groups excluding carboxylic acids is 2. The van der Waals surface area contributed by atoms with Crippen LogP contribution in [0.3, 0.4) is 0 Å². The number of carbonyl (C=O) groups is 2. The molecule has 2 amide bonds. The minimum absolute atomic E-state index is 0.0946. The summed E-state index contributed by atoms with van der Waals surface area (Å²) in [5, 5.41) is 3.81. The SMILES string of the molecule is CCCNC(=O)[C@@H](CC)N(Cc1ccc(Cl)c(Cl)c1)C(=O)Cc1ccc(C)c(C)c1. The zero-order valence-corrected chi connectivity index (χ0v) is 19.6. The molecule has 0 unspecified atom stereocenters. The minimum Gasteiger partial charge on any atom is -0.354 e. The van der Waals surface area contributed by atoms with Crippen molar-refractivity contribution in [1.82, 2.24) is 10.2 Å². The van der Waals surface area contributed by atoms with Gasteiger partial charge >= 0.3 is 0 Å². The normalized spacial score (nSPS) is 11.8. The fourth-order valence-corrected chi connectivity index (χ4v) is 3.63. The zero-order valence-electron chi connectivity index (χ0n) is 18.1. The van der Waals surface area contributed by atoms with Crippen LogP contribution >= 0.6 is 23.2 Å². The van der Waals surface area contributed by atoms with Gasteiger partial charge < -0.3 is 10.2 Å². The summed E-state index contributed by atoms with van der Waals surface area (Å²) in [5.41, 5.74) is 4.10. The van der Waals surface area contributed by atoms with E-state index >= 15 is 0 Å². The molecule has 0 fully saturated rings. The van der Waals surface area contributed by atoms with Crippen molar-refractivity contribution in [3.05, 3.63) is 68.7 Å². The van der Waals surface area contributed by atoms with Crippen molar-refractivity contribution in [2.45, 2.75) is 59.5 Å². The summed E-state index contributed by atoms with van der Waals surface area (Å²) in [6, 6.07) is 10.8. The highest BCUT2D eigenvalue weighted by Crippen LogP contribution is 2.24. The Morgan fingerprint density at radius 1 is 0.967 bits per heavy atom. The molecule has 6 heteroatoms. The van der Waals surface area contributed by atoms with Gasteiger partial charge in [-0.05, 0) is 61.1 Å². The van der Waals surface area contributed by atoms with Gasteiger partial charge in [0.15, 0.2) is 0 Å². The number of halogens is 2. The molecule has 2 rings (SSSR count). The van der Waals surface area contributed by atoms with Gasteiger partial charge in [0.05, 0.1) is 16.5 Å². The van der Waals surface area contributed by atoms with Crippen molar-refractivity contribution in [3.63, 3.8) is 0 Å². The average molecular weight is 449 g/mol. The number of hydrogen-bond donors (Lipinski definition) is 1. The molecule has 0 aromatic heterocycles. The van der Waals surface area contributed by atoms with Crippen molar-refractivity contribution >= 4 is 35.0 Å². The van der Waals surface area contributed by atoms with Gasteiger partial charge in [0.25, 0.3) is 0 Å². The first-order valence-corrected chi connectivity index (χ1v) is 11.1. The topological polar surface area (TPSA) is 49.4 Å². The van der Waals surface area contributed by atoms with Crippen LogP contribution < -0.4 is 5.32 Å². The van der Waals surface area contributed by atoms with E-state index in [4.69, 9.17) is 23.2 Å². The Bertz CT molecular complexity index is 899. The largest absolute Gasteiger partial charge is 0.354 e. The predicted octanol–water partition coefficient (Wildman–Crippen LogP) is 5.49. The average Bonchev–Trinajstić information content (AvgIpc) is 2.71. The third-order valence-corrected chi connectivity index (χ3v) is 5.94. The second kappa shape index (κ2) is 11.4. The van der Waals surface area contributed by atoms with E-state index in [9.17, 15) is 9.59 Å². The molecule has 1 N–H and O–H groups in total. The number of benzene rings is 2. The summed E-state index contributed by atoms with van der Waals surface area (Å²) in [4.78, 5) is 27.8. The fourth-order valence-electron chi connectivity index (χ4n) is 3.31. The molecule has 0 aliphatic rings. The summed E-state index contributed by atoms with van der Waals surface area (Å²) >= 11 is 12.2. The maximum absolute atomic E-state index is 13.3. The molecule has 162 valence electrons. The van der Waals surface area contributed by atoms with Gasteiger partial charge in [-0.1, -0.05) is 61.3 Å². The van der Waals surface area contributed by atoms with Crippen molar-refractivity contribution < 1.29 is 9.59 Å². The van der Waals surface area contributed by atoms with Crippen molar-refractivity contribution in [1.29, 1.82) is 0 Å². The number of amides is 2. The summed E-state index contributed by atoms with van der Waals surface area (Å²) in [6.45, 7) is 8.87. The molecule has 0 saturated carbocycles. The Morgan fingerprint density at radius 2 is 1.67 bits per heavy atom. The molecule has 4 nitrogen and oxygen atoms in total. The highest BCUT2D eigenvalue weighted by Gasteiger charge is 2.28. The van der Waals surface area contributed by atoms with E-state index in [1.54, 1.807) is 17.0 Å². The number of hydrogen-bond acceptors (Lipinski definition) is 2. The van der Waals surface area contributed by atoms with Gasteiger partial charge in [0.1, 0.15) is 6.04 Å². The summed E-state index contributed by atoms with van der Waals surface area (Å²) < 4.78 is 0. The Hall–Kier alpha value is -2.04. The van der Waals surface area contributed by atoms with Gasteiger partial charge in [-0.2, -0.15) is 0 Å². The van der Waals surface area contributed by atoms with E-state index < -0.39 is 6.04 Å². The van der Waals surface area contributed by atoms with Crippen molar-refractivity contribution in [2.75, 3.05) is 6.54 Å². The van der Waals surface area contributed by atoms with Crippen LogP contribution in [-0.4, -0.2) is 29.3 Å². The van der Waals surface area contributed by atoms with Crippen LogP contribution in [-0.2, 0) is 22.6 Å². The molecule has 0 bridgehead atoms. The molecule has 1 atom stereocenters. The van der Waals surface area contributed by atoms with E-state index in [1.807, 2.05) is 52.0 Å². The monoisotopic (exact) mass is 448 g/mol. The lowest BCUT2D eigenvalue weighted by Gasteiger charge is -2.31. The van der Waals surface area contributed by atoms with Crippen LogP contribution in [0.2, 0.25) is 10.0 Å². The molecule has 0 aliphatic carbocycles. The summed E-state index contributed by atoms with van der Waals surface area (Å²) in [6.07, 6.45) is 1.60. The second-order valence-corrected chi connectivity index (χ2v) is 8.39. The smallest absolute Gasteiger partial charge is 0.242 e. The van der Waals surface area contributed by atoms with Gasteiger partial charge in [0, 0.05) is 13.1 Å². The van der Waals surface area contributed by atoms with Crippen LogP contribution in [0, 0.1) is 13.8 Å². The molecule has 0 spiro atoms. The third kappa shape index (κ3) is 6.48. The number of rotatable bonds is 9. The maximum atomic E-state index is 13.3. The van der Waals surface area contributed by atoms with Crippen LogP contribution in [0.25, 0.3) is 0 Å². The van der Waals surface area contributed by atoms with Crippen LogP contribution in [0.15, 0.2) is 36.4 Å². The first-order valence-electron chi connectivity index (χ1n) is 10.3. The first-order chi connectivity index (χ1) is 14.3. The minimum atomic E-state index is -0.551. The molecule has 2 aromatic rings. The molecule has 0 radical (unpaired) electrons. The lowest BCUT2D eigenvalue weighted by molar-refractivity contribution is -0.140. The third-order valence-electron chi connectivity index (χ3n) is 5.20.